The van der Waals surface area contributed by atoms with Gasteiger partial charge in [-0.1, -0.05) is 29.8 Å². The maximum absolute atomic E-state index is 11.7. The highest BCUT2D eigenvalue weighted by Gasteiger charge is 2.07. The fourth-order valence-corrected chi connectivity index (χ4v) is 2.69. The highest BCUT2D eigenvalue weighted by Crippen LogP contribution is 2.12. The minimum absolute atomic E-state index is 0.0330. The molecule has 0 radical (unpaired) electrons. The highest BCUT2D eigenvalue weighted by atomic mass is 32.2. The van der Waals surface area contributed by atoms with Crippen molar-refractivity contribution in [1.29, 1.82) is 0 Å². The predicted octanol–water partition coefficient (Wildman–Crippen LogP) is 2.37. The van der Waals surface area contributed by atoms with Gasteiger partial charge in [0.15, 0.2) is 5.76 Å². The van der Waals surface area contributed by atoms with Crippen LogP contribution >= 0.6 is 11.8 Å². The average molecular weight is 332 g/mol. The zero-order valence-electron chi connectivity index (χ0n) is 13.0. The van der Waals surface area contributed by atoms with Crippen molar-refractivity contribution in [3.63, 3.8) is 0 Å². The zero-order chi connectivity index (χ0) is 16.5. The molecule has 1 aromatic heterocycles. The SMILES string of the molecule is Cc1ccc(CSCC(=O)NCCNC(=O)c2ccco2)cc1. The lowest BCUT2D eigenvalue weighted by Crippen LogP contribution is -2.35. The van der Waals surface area contributed by atoms with Crippen molar-refractivity contribution in [3.05, 3.63) is 59.5 Å². The monoisotopic (exact) mass is 332 g/mol. The molecule has 1 heterocycles. The van der Waals surface area contributed by atoms with E-state index in [4.69, 9.17) is 4.42 Å². The molecule has 1 aromatic carbocycles. The second-order valence-corrected chi connectivity index (χ2v) is 6.05. The Hall–Kier alpha value is -2.21. The summed E-state index contributed by atoms with van der Waals surface area (Å²) in [6.07, 6.45) is 1.45. The Kier molecular flexibility index (Phi) is 6.75. The molecule has 0 spiro atoms. The summed E-state index contributed by atoms with van der Waals surface area (Å²) in [6.45, 7) is 2.82. The van der Waals surface area contributed by atoms with E-state index in [-0.39, 0.29) is 17.6 Å². The van der Waals surface area contributed by atoms with Gasteiger partial charge in [0.2, 0.25) is 5.91 Å². The van der Waals surface area contributed by atoms with Gasteiger partial charge in [-0.05, 0) is 24.6 Å². The normalized spacial score (nSPS) is 10.3. The third kappa shape index (κ3) is 6.20. The van der Waals surface area contributed by atoms with Gasteiger partial charge in [0.05, 0.1) is 12.0 Å². The van der Waals surface area contributed by atoms with Crippen LogP contribution in [0.25, 0.3) is 0 Å². The smallest absolute Gasteiger partial charge is 0.287 e. The molecule has 2 aromatic rings. The molecule has 0 bridgehead atoms. The minimum atomic E-state index is -0.280. The van der Waals surface area contributed by atoms with Gasteiger partial charge in [-0.3, -0.25) is 9.59 Å². The van der Waals surface area contributed by atoms with E-state index in [0.717, 1.165) is 5.75 Å². The molecular weight excluding hydrogens is 312 g/mol. The Morgan fingerprint density at radius 2 is 1.83 bits per heavy atom. The van der Waals surface area contributed by atoms with Gasteiger partial charge in [-0.15, -0.1) is 11.8 Å². The summed E-state index contributed by atoms with van der Waals surface area (Å²) in [5.74, 6) is 1.17. The number of thioether (sulfide) groups is 1. The second kappa shape index (κ2) is 9.05. The van der Waals surface area contributed by atoms with E-state index in [0.29, 0.717) is 18.8 Å². The van der Waals surface area contributed by atoms with Crippen molar-refractivity contribution in [2.75, 3.05) is 18.8 Å². The topological polar surface area (TPSA) is 71.3 Å². The Balaban J connectivity index is 1.55. The van der Waals surface area contributed by atoms with Crippen LogP contribution in [-0.4, -0.2) is 30.7 Å². The van der Waals surface area contributed by atoms with Crippen LogP contribution in [0.4, 0.5) is 0 Å². The first-order chi connectivity index (χ1) is 11.1. The van der Waals surface area contributed by atoms with Gasteiger partial charge in [-0.2, -0.15) is 0 Å². The van der Waals surface area contributed by atoms with E-state index in [1.165, 1.54) is 17.4 Å². The van der Waals surface area contributed by atoms with Crippen LogP contribution in [0.5, 0.6) is 0 Å². The van der Waals surface area contributed by atoms with Crippen LogP contribution in [0, 0.1) is 6.92 Å². The highest BCUT2D eigenvalue weighted by molar-refractivity contribution is 7.99. The van der Waals surface area contributed by atoms with Crippen molar-refractivity contribution in [2.24, 2.45) is 0 Å². The van der Waals surface area contributed by atoms with Crippen LogP contribution in [0.1, 0.15) is 21.7 Å². The van der Waals surface area contributed by atoms with E-state index in [9.17, 15) is 9.59 Å². The average Bonchev–Trinajstić information content (AvgIpc) is 3.08. The number of rotatable bonds is 8. The van der Waals surface area contributed by atoms with Crippen molar-refractivity contribution >= 4 is 23.6 Å². The van der Waals surface area contributed by atoms with Crippen molar-refractivity contribution in [3.8, 4) is 0 Å². The third-order valence-electron chi connectivity index (χ3n) is 3.10. The fraction of sp³-hybridized carbons (Fsp3) is 0.294. The molecule has 0 saturated heterocycles. The van der Waals surface area contributed by atoms with Gasteiger partial charge in [0, 0.05) is 18.8 Å². The van der Waals surface area contributed by atoms with Crippen LogP contribution in [0.2, 0.25) is 0 Å². The van der Waals surface area contributed by atoms with Gasteiger partial charge in [-0.25, -0.2) is 0 Å². The standard InChI is InChI=1S/C17H20N2O3S/c1-13-4-6-14(7-5-13)11-23-12-16(20)18-8-9-19-17(21)15-3-2-10-22-15/h2-7,10H,8-9,11-12H2,1H3,(H,18,20)(H,19,21). The summed E-state index contributed by atoms with van der Waals surface area (Å²) in [5, 5.41) is 5.45. The fourth-order valence-electron chi connectivity index (χ4n) is 1.87. The van der Waals surface area contributed by atoms with Crippen LogP contribution < -0.4 is 10.6 Å². The number of nitrogens with one attached hydrogen (secondary N) is 2. The molecule has 0 aliphatic carbocycles. The van der Waals surface area contributed by atoms with Crippen LogP contribution in [0.15, 0.2) is 47.1 Å². The van der Waals surface area contributed by atoms with Crippen molar-refractivity contribution in [1.82, 2.24) is 10.6 Å². The molecule has 2 rings (SSSR count). The minimum Gasteiger partial charge on any atom is -0.459 e. The predicted molar refractivity (Wildman–Crippen MR) is 91.4 cm³/mol. The molecule has 0 fully saturated rings. The van der Waals surface area contributed by atoms with E-state index >= 15 is 0 Å². The molecule has 0 aliphatic heterocycles. The number of hydrogen-bond donors (Lipinski definition) is 2. The lowest BCUT2D eigenvalue weighted by molar-refractivity contribution is -0.118. The van der Waals surface area contributed by atoms with Crippen molar-refractivity contribution in [2.45, 2.75) is 12.7 Å². The Morgan fingerprint density at radius 3 is 2.52 bits per heavy atom. The molecule has 6 heteroatoms. The van der Waals surface area contributed by atoms with E-state index in [1.54, 1.807) is 23.9 Å². The quantitative estimate of drug-likeness (QED) is 0.728. The van der Waals surface area contributed by atoms with Gasteiger partial charge in [0.1, 0.15) is 0 Å². The Morgan fingerprint density at radius 1 is 1.09 bits per heavy atom. The number of hydrogen-bond acceptors (Lipinski definition) is 4. The van der Waals surface area contributed by atoms with E-state index in [2.05, 4.69) is 41.8 Å². The molecule has 0 saturated carbocycles. The molecule has 5 nitrogen and oxygen atoms in total. The van der Waals surface area contributed by atoms with Crippen molar-refractivity contribution < 1.29 is 14.0 Å². The first-order valence-electron chi connectivity index (χ1n) is 7.37. The number of aryl methyl sites for hydroxylation is 1. The molecule has 0 aliphatic rings. The summed E-state index contributed by atoms with van der Waals surface area (Å²) >= 11 is 1.57. The summed E-state index contributed by atoms with van der Waals surface area (Å²) in [6, 6.07) is 11.5. The summed E-state index contributed by atoms with van der Waals surface area (Å²) in [7, 11) is 0. The van der Waals surface area contributed by atoms with Crippen LogP contribution in [-0.2, 0) is 10.5 Å². The number of amides is 2. The van der Waals surface area contributed by atoms with E-state index < -0.39 is 0 Å². The summed E-state index contributed by atoms with van der Waals surface area (Å²) in [4.78, 5) is 23.3. The maximum atomic E-state index is 11.7. The van der Waals surface area contributed by atoms with Gasteiger partial charge < -0.3 is 15.1 Å². The molecule has 23 heavy (non-hydrogen) atoms. The molecule has 2 N–H and O–H groups in total. The number of carbonyl (C=O) groups excluding carboxylic acids is 2. The lowest BCUT2D eigenvalue weighted by Gasteiger charge is -2.06. The molecule has 2 amide bonds. The van der Waals surface area contributed by atoms with E-state index in [1.807, 2.05) is 0 Å². The molecule has 122 valence electrons. The molecular formula is C17H20N2O3S. The Labute approximate surface area is 139 Å². The number of carbonyl (C=O) groups is 2. The summed E-state index contributed by atoms with van der Waals surface area (Å²) < 4.78 is 4.97. The lowest BCUT2D eigenvalue weighted by atomic mass is 10.2. The Bertz CT molecular complexity index is 624. The van der Waals surface area contributed by atoms with Crippen LogP contribution in [0.3, 0.4) is 0 Å². The van der Waals surface area contributed by atoms with Gasteiger partial charge >= 0.3 is 0 Å². The maximum Gasteiger partial charge on any atom is 0.287 e. The zero-order valence-corrected chi connectivity index (χ0v) is 13.8. The number of benzene rings is 1. The first-order valence-corrected chi connectivity index (χ1v) is 8.52. The molecule has 0 atom stereocenters. The van der Waals surface area contributed by atoms with Gasteiger partial charge in [0.25, 0.3) is 5.91 Å². The molecule has 0 unspecified atom stereocenters. The second-order valence-electron chi connectivity index (χ2n) is 5.06. The summed E-state index contributed by atoms with van der Waals surface area (Å²) in [5.41, 5.74) is 2.44. The third-order valence-corrected chi connectivity index (χ3v) is 4.10. The first kappa shape index (κ1) is 17.1. The number of furan rings is 1. The largest absolute Gasteiger partial charge is 0.459 e.